The number of carbonyl (C=O) groups is 2. The van der Waals surface area contributed by atoms with Crippen molar-refractivity contribution in [2.24, 2.45) is 5.73 Å². The van der Waals surface area contributed by atoms with Gasteiger partial charge in [-0.05, 0) is 30.5 Å². The molecule has 0 heterocycles. The molecule has 0 bridgehead atoms. The van der Waals surface area contributed by atoms with Crippen LogP contribution in [0.3, 0.4) is 0 Å². The van der Waals surface area contributed by atoms with Crippen LogP contribution >= 0.6 is 0 Å². The van der Waals surface area contributed by atoms with Gasteiger partial charge in [-0.2, -0.15) is 0 Å². The Morgan fingerprint density at radius 3 is 2.35 bits per heavy atom. The van der Waals surface area contributed by atoms with E-state index < -0.39 is 5.60 Å². The van der Waals surface area contributed by atoms with Crippen LogP contribution in [0.2, 0.25) is 0 Å². The molecule has 0 atom stereocenters. The van der Waals surface area contributed by atoms with Gasteiger partial charge >= 0.3 is 0 Å². The van der Waals surface area contributed by atoms with Gasteiger partial charge in [0.1, 0.15) is 0 Å². The van der Waals surface area contributed by atoms with Crippen LogP contribution in [0.5, 0.6) is 0 Å². The molecule has 108 valence electrons. The number of rotatable bonds is 5. The van der Waals surface area contributed by atoms with E-state index in [1.54, 1.807) is 24.3 Å². The van der Waals surface area contributed by atoms with E-state index in [9.17, 15) is 14.7 Å². The first kappa shape index (κ1) is 14.5. The number of amides is 2. The van der Waals surface area contributed by atoms with Crippen molar-refractivity contribution in [1.82, 2.24) is 0 Å². The van der Waals surface area contributed by atoms with Gasteiger partial charge in [-0.1, -0.05) is 25.0 Å². The molecule has 0 saturated heterocycles. The van der Waals surface area contributed by atoms with E-state index in [-0.39, 0.29) is 24.7 Å². The summed E-state index contributed by atoms with van der Waals surface area (Å²) >= 11 is 0. The number of carbonyl (C=O) groups excluding carboxylic acids is 2. The summed E-state index contributed by atoms with van der Waals surface area (Å²) in [6.45, 7) is 0. The fraction of sp³-hybridized carbons (Fsp3) is 0.467. The van der Waals surface area contributed by atoms with Gasteiger partial charge in [-0.15, -0.1) is 0 Å². The van der Waals surface area contributed by atoms with Crippen LogP contribution in [0, 0.1) is 0 Å². The standard InChI is InChI=1S/C15H20N2O3/c16-13(18)9-11-3-5-12(6-4-11)17-14(19)10-15(20)7-1-2-8-15/h3-6,20H,1-2,7-10H2,(H2,16,18)(H,17,19). The maximum Gasteiger partial charge on any atom is 0.227 e. The Balaban J connectivity index is 1.89. The molecular weight excluding hydrogens is 256 g/mol. The number of hydrogen-bond acceptors (Lipinski definition) is 3. The summed E-state index contributed by atoms with van der Waals surface area (Å²) in [7, 11) is 0. The number of benzene rings is 1. The van der Waals surface area contributed by atoms with Crippen LogP contribution < -0.4 is 11.1 Å². The smallest absolute Gasteiger partial charge is 0.227 e. The van der Waals surface area contributed by atoms with Crippen molar-refractivity contribution in [2.45, 2.75) is 44.1 Å². The number of aliphatic hydroxyl groups is 1. The van der Waals surface area contributed by atoms with Crippen molar-refractivity contribution in [3.05, 3.63) is 29.8 Å². The molecule has 5 nitrogen and oxygen atoms in total. The zero-order valence-electron chi connectivity index (χ0n) is 11.4. The van der Waals surface area contributed by atoms with E-state index in [1.807, 2.05) is 0 Å². The first-order chi connectivity index (χ1) is 9.47. The molecule has 0 radical (unpaired) electrons. The summed E-state index contributed by atoms with van der Waals surface area (Å²) in [5.74, 6) is -0.567. The van der Waals surface area contributed by atoms with Gasteiger partial charge in [-0.25, -0.2) is 0 Å². The van der Waals surface area contributed by atoms with Crippen molar-refractivity contribution >= 4 is 17.5 Å². The van der Waals surface area contributed by atoms with Crippen LogP contribution in [0.1, 0.15) is 37.7 Å². The van der Waals surface area contributed by atoms with Crippen LogP contribution in [0.15, 0.2) is 24.3 Å². The minimum absolute atomic E-state index is 0.135. The maximum atomic E-state index is 11.9. The highest BCUT2D eigenvalue weighted by Crippen LogP contribution is 2.32. The number of nitrogens with one attached hydrogen (secondary N) is 1. The Morgan fingerprint density at radius 2 is 1.80 bits per heavy atom. The topological polar surface area (TPSA) is 92.4 Å². The van der Waals surface area contributed by atoms with E-state index in [4.69, 9.17) is 5.73 Å². The zero-order chi connectivity index (χ0) is 14.6. The average Bonchev–Trinajstić information content (AvgIpc) is 2.77. The monoisotopic (exact) mass is 276 g/mol. The maximum absolute atomic E-state index is 11.9. The molecule has 1 saturated carbocycles. The molecule has 2 amide bonds. The highest BCUT2D eigenvalue weighted by Gasteiger charge is 2.33. The van der Waals surface area contributed by atoms with Gasteiger partial charge in [0.25, 0.3) is 0 Å². The third kappa shape index (κ3) is 4.06. The summed E-state index contributed by atoms with van der Waals surface area (Å²) < 4.78 is 0. The first-order valence-electron chi connectivity index (χ1n) is 6.86. The van der Waals surface area contributed by atoms with Gasteiger partial charge in [0.15, 0.2) is 0 Å². The highest BCUT2D eigenvalue weighted by molar-refractivity contribution is 5.91. The molecule has 0 unspecified atom stereocenters. The first-order valence-corrected chi connectivity index (χ1v) is 6.86. The number of nitrogens with two attached hydrogens (primary N) is 1. The summed E-state index contributed by atoms with van der Waals surface area (Å²) in [5.41, 5.74) is 5.74. The predicted octanol–water partition coefficient (Wildman–Crippen LogP) is 1.35. The molecule has 1 aliphatic carbocycles. The largest absolute Gasteiger partial charge is 0.389 e. The molecule has 1 aromatic rings. The summed E-state index contributed by atoms with van der Waals surface area (Å²) in [6.07, 6.45) is 3.66. The average molecular weight is 276 g/mol. The molecule has 1 aliphatic rings. The Morgan fingerprint density at radius 1 is 1.20 bits per heavy atom. The lowest BCUT2D eigenvalue weighted by Gasteiger charge is -2.21. The van der Waals surface area contributed by atoms with Crippen molar-refractivity contribution in [3.8, 4) is 0 Å². The van der Waals surface area contributed by atoms with Crippen LogP contribution in [-0.2, 0) is 16.0 Å². The van der Waals surface area contributed by atoms with Gasteiger partial charge in [-0.3, -0.25) is 9.59 Å². The third-order valence-electron chi connectivity index (χ3n) is 3.64. The van der Waals surface area contributed by atoms with Crippen molar-refractivity contribution < 1.29 is 14.7 Å². The number of hydrogen-bond donors (Lipinski definition) is 3. The normalized spacial score (nSPS) is 16.9. The van der Waals surface area contributed by atoms with Gasteiger partial charge in [0.2, 0.25) is 11.8 Å². The second kappa shape index (κ2) is 6.05. The lowest BCUT2D eigenvalue weighted by Crippen LogP contribution is -2.30. The van der Waals surface area contributed by atoms with Crippen molar-refractivity contribution in [3.63, 3.8) is 0 Å². The highest BCUT2D eigenvalue weighted by atomic mass is 16.3. The minimum atomic E-state index is -0.837. The molecular formula is C15H20N2O3. The molecule has 2 rings (SSSR count). The minimum Gasteiger partial charge on any atom is -0.389 e. The Bertz CT molecular complexity index is 490. The van der Waals surface area contributed by atoms with E-state index in [2.05, 4.69) is 5.32 Å². The Kier molecular flexibility index (Phi) is 4.39. The van der Waals surface area contributed by atoms with Crippen LogP contribution in [0.4, 0.5) is 5.69 Å². The van der Waals surface area contributed by atoms with Gasteiger partial charge in [0.05, 0.1) is 18.4 Å². The van der Waals surface area contributed by atoms with Gasteiger partial charge < -0.3 is 16.2 Å². The van der Waals surface area contributed by atoms with Crippen molar-refractivity contribution in [1.29, 1.82) is 0 Å². The number of primary amides is 1. The fourth-order valence-electron chi connectivity index (χ4n) is 2.62. The Hall–Kier alpha value is -1.88. The number of anilines is 1. The van der Waals surface area contributed by atoms with E-state index in [0.717, 1.165) is 18.4 Å². The van der Waals surface area contributed by atoms with E-state index >= 15 is 0 Å². The summed E-state index contributed by atoms with van der Waals surface area (Å²) in [4.78, 5) is 22.7. The SMILES string of the molecule is NC(=O)Cc1ccc(NC(=O)CC2(O)CCCC2)cc1. The van der Waals surface area contributed by atoms with Crippen LogP contribution in [-0.4, -0.2) is 22.5 Å². The lowest BCUT2D eigenvalue weighted by atomic mass is 9.97. The molecule has 0 aliphatic heterocycles. The quantitative estimate of drug-likeness (QED) is 0.758. The van der Waals surface area contributed by atoms with Crippen LogP contribution in [0.25, 0.3) is 0 Å². The van der Waals surface area contributed by atoms with Gasteiger partial charge in [0, 0.05) is 5.69 Å². The zero-order valence-corrected chi connectivity index (χ0v) is 11.4. The fourth-order valence-corrected chi connectivity index (χ4v) is 2.62. The second-order valence-corrected chi connectivity index (χ2v) is 5.50. The summed E-state index contributed by atoms with van der Waals surface area (Å²) in [6, 6.07) is 6.97. The molecule has 20 heavy (non-hydrogen) atoms. The summed E-state index contributed by atoms with van der Waals surface area (Å²) in [5, 5.41) is 12.9. The lowest BCUT2D eigenvalue weighted by molar-refractivity contribution is -0.121. The van der Waals surface area contributed by atoms with Crippen molar-refractivity contribution in [2.75, 3.05) is 5.32 Å². The van der Waals surface area contributed by atoms with E-state index in [0.29, 0.717) is 18.5 Å². The Labute approximate surface area is 118 Å². The molecule has 1 fully saturated rings. The molecule has 0 spiro atoms. The molecule has 5 heteroatoms. The second-order valence-electron chi connectivity index (χ2n) is 5.50. The predicted molar refractivity (Wildman–Crippen MR) is 76.0 cm³/mol. The molecule has 1 aromatic carbocycles. The van der Waals surface area contributed by atoms with E-state index in [1.165, 1.54) is 0 Å². The molecule has 4 N–H and O–H groups in total. The third-order valence-corrected chi connectivity index (χ3v) is 3.64. The molecule has 0 aromatic heterocycles.